The van der Waals surface area contributed by atoms with Crippen molar-refractivity contribution in [1.29, 1.82) is 0 Å². The molecule has 0 fully saturated rings. The van der Waals surface area contributed by atoms with E-state index in [0.29, 0.717) is 17.5 Å². The first kappa shape index (κ1) is 35.5. The van der Waals surface area contributed by atoms with E-state index >= 15 is 0 Å². The minimum atomic E-state index is 0.546. The fourth-order valence-corrected chi connectivity index (χ4v) is 8.73. The van der Waals surface area contributed by atoms with E-state index in [0.717, 1.165) is 105 Å². The molecule has 0 saturated carbocycles. The summed E-state index contributed by atoms with van der Waals surface area (Å²) in [5, 5.41) is 4.02. The molecule has 290 valence electrons. The van der Waals surface area contributed by atoms with E-state index in [4.69, 9.17) is 23.8 Å². The lowest BCUT2D eigenvalue weighted by atomic mass is 9.95. The highest BCUT2D eigenvalue weighted by molar-refractivity contribution is 6.16. The Morgan fingerprint density at radius 3 is 1.31 bits per heavy atom. The number of furan rings is 2. The van der Waals surface area contributed by atoms with Crippen LogP contribution in [0.4, 0.5) is 0 Å². The number of aromatic nitrogens is 3. The molecule has 3 heterocycles. The lowest BCUT2D eigenvalue weighted by Crippen LogP contribution is -2.00. The Labute approximate surface area is 357 Å². The van der Waals surface area contributed by atoms with Crippen molar-refractivity contribution >= 4 is 43.9 Å². The smallest absolute Gasteiger partial charge is 0.164 e. The Kier molecular flexibility index (Phi) is 8.42. The average Bonchev–Trinajstić information content (AvgIpc) is 3.93. The summed E-state index contributed by atoms with van der Waals surface area (Å²) in [6.07, 6.45) is 0. The number of benzene rings is 9. The van der Waals surface area contributed by atoms with Gasteiger partial charge in [-0.25, -0.2) is 15.0 Å². The summed E-state index contributed by atoms with van der Waals surface area (Å²) >= 11 is 0. The summed E-state index contributed by atoms with van der Waals surface area (Å²) in [7, 11) is 0. The van der Waals surface area contributed by atoms with Gasteiger partial charge in [0.2, 0.25) is 0 Å². The Hall–Kier alpha value is -8.41. The van der Waals surface area contributed by atoms with E-state index in [2.05, 4.69) is 146 Å². The fourth-order valence-electron chi connectivity index (χ4n) is 8.73. The Balaban J connectivity index is 1.07. The van der Waals surface area contributed by atoms with Crippen molar-refractivity contribution in [1.82, 2.24) is 15.0 Å². The molecule has 0 amide bonds. The first-order chi connectivity index (χ1) is 30.7. The van der Waals surface area contributed by atoms with Gasteiger partial charge in [0.1, 0.15) is 22.3 Å². The third-order valence-electron chi connectivity index (χ3n) is 11.7. The Bertz CT molecular complexity index is 3600. The van der Waals surface area contributed by atoms with E-state index in [1.165, 1.54) is 0 Å². The monoisotopic (exact) mass is 793 g/mol. The zero-order valence-corrected chi connectivity index (χ0v) is 33.4. The van der Waals surface area contributed by atoms with Crippen molar-refractivity contribution in [2.24, 2.45) is 0 Å². The predicted molar refractivity (Wildman–Crippen MR) is 252 cm³/mol. The first-order valence-corrected chi connectivity index (χ1v) is 20.8. The zero-order valence-electron chi connectivity index (χ0n) is 33.4. The summed E-state index contributed by atoms with van der Waals surface area (Å²) in [6.45, 7) is 0. The predicted octanol–water partition coefficient (Wildman–Crippen LogP) is 15.3. The van der Waals surface area contributed by atoms with Crippen LogP contribution in [0.15, 0.2) is 221 Å². The highest BCUT2D eigenvalue weighted by Crippen LogP contribution is 2.44. The van der Waals surface area contributed by atoms with Gasteiger partial charge in [0, 0.05) is 49.4 Å². The molecule has 0 aliphatic heterocycles. The maximum atomic E-state index is 6.83. The number of nitrogens with zero attached hydrogens (tertiary/aromatic N) is 3. The van der Waals surface area contributed by atoms with Crippen LogP contribution in [0.5, 0.6) is 0 Å². The lowest BCUT2D eigenvalue weighted by molar-refractivity contribution is 0.670. The highest BCUT2D eigenvalue weighted by Gasteiger charge is 2.22. The molecule has 0 aliphatic carbocycles. The molecule has 12 aromatic rings. The maximum Gasteiger partial charge on any atom is 0.164 e. The second-order valence-corrected chi connectivity index (χ2v) is 15.5. The quantitative estimate of drug-likeness (QED) is 0.161. The molecule has 0 bridgehead atoms. The van der Waals surface area contributed by atoms with Crippen LogP contribution in [-0.2, 0) is 0 Å². The molecule has 12 rings (SSSR count). The van der Waals surface area contributed by atoms with E-state index in [1.807, 2.05) is 66.7 Å². The van der Waals surface area contributed by atoms with Gasteiger partial charge in [-0.15, -0.1) is 0 Å². The fraction of sp³-hybridized carbons (Fsp3) is 0. The number of fused-ring (bicyclic) bond motifs is 6. The molecule has 0 atom stereocenters. The van der Waals surface area contributed by atoms with E-state index in [9.17, 15) is 0 Å². The van der Waals surface area contributed by atoms with E-state index in [-0.39, 0.29) is 0 Å². The van der Waals surface area contributed by atoms with Gasteiger partial charge < -0.3 is 8.83 Å². The number of hydrogen-bond acceptors (Lipinski definition) is 5. The van der Waals surface area contributed by atoms with Gasteiger partial charge in [-0.05, 0) is 75.8 Å². The van der Waals surface area contributed by atoms with E-state index in [1.54, 1.807) is 0 Å². The number of rotatable bonds is 7. The second-order valence-electron chi connectivity index (χ2n) is 15.5. The largest absolute Gasteiger partial charge is 0.455 e. The van der Waals surface area contributed by atoms with Crippen LogP contribution in [0.25, 0.3) is 123 Å². The first-order valence-electron chi connectivity index (χ1n) is 20.8. The molecule has 0 unspecified atom stereocenters. The van der Waals surface area contributed by atoms with Gasteiger partial charge in [0.25, 0.3) is 0 Å². The van der Waals surface area contributed by atoms with Crippen LogP contribution in [0.3, 0.4) is 0 Å². The molecule has 9 aromatic carbocycles. The van der Waals surface area contributed by atoms with Crippen LogP contribution in [0.2, 0.25) is 0 Å². The molecule has 0 radical (unpaired) electrons. The minimum absolute atomic E-state index is 0.546. The number of hydrogen-bond donors (Lipinski definition) is 0. The summed E-state index contributed by atoms with van der Waals surface area (Å²) in [6, 6.07) is 73.3. The van der Waals surface area contributed by atoms with E-state index < -0.39 is 0 Å². The van der Waals surface area contributed by atoms with Gasteiger partial charge in [-0.2, -0.15) is 0 Å². The molecule has 5 heteroatoms. The molecular weight excluding hydrogens is 759 g/mol. The molecule has 62 heavy (non-hydrogen) atoms. The topological polar surface area (TPSA) is 65.0 Å². The minimum Gasteiger partial charge on any atom is -0.455 e. The third-order valence-corrected chi connectivity index (χ3v) is 11.7. The standard InChI is InChI=1S/C57H35N3O2/c1-6-17-36(18-7-1)42-31-46(38-21-10-3-11-22-38)53-48(33-42)44-30-29-41(35-51(44)62-53)56-58-55(40-25-14-5-15-26-40)59-57(60-56)45-27-16-28-50-52(45)49-34-43(37-19-8-2-9-20-37)32-47(54(49)61-50)39-23-12-4-13-24-39/h1-35H. The van der Waals surface area contributed by atoms with Crippen LogP contribution in [0.1, 0.15) is 0 Å². The van der Waals surface area contributed by atoms with Gasteiger partial charge in [0.05, 0.1) is 0 Å². The van der Waals surface area contributed by atoms with Crippen molar-refractivity contribution in [3.05, 3.63) is 212 Å². The van der Waals surface area contributed by atoms with Crippen LogP contribution in [-0.4, -0.2) is 15.0 Å². The Morgan fingerprint density at radius 2 is 0.726 bits per heavy atom. The van der Waals surface area contributed by atoms with Gasteiger partial charge in [-0.3, -0.25) is 0 Å². The third kappa shape index (κ3) is 6.14. The molecule has 3 aromatic heterocycles. The lowest BCUT2D eigenvalue weighted by Gasteiger charge is -2.10. The van der Waals surface area contributed by atoms with Crippen LogP contribution in [0, 0.1) is 0 Å². The van der Waals surface area contributed by atoms with Crippen molar-refractivity contribution in [2.45, 2.75) is 0 Å². The SMILES string of the molecule is c1ccc(-c2cc(-c3ccccc3)c3oc4cc(-c5nc(-c6ccccc6)nc(-c6cccc7oc8c(-c9ccccc9)cc(-c9ccccc9)cc8c67)n5)ccc4c3c2)cc1. The second kappa shape index (κ2) is 14.7. The van der Waals surface area contributed by atoms with Crippen molar-refractivity contribution < 1.29 is 8.83 Å². The molecule has 0 N–H and O–H groups in total. The van der Waals surface area contributed by atoms with Crippen LogP contribution >= 0.6 is 0 Å². The molecule has 5 nitrogen and oxygen atoms in total. The van der Waals surface area contributed by atoms with Crippen molar-refractivity contribution in [3.8, 4) is 78.7 Å². The summed E-state index contributed by atoms with van der Waals surface area (Å²) in [4.78, 5) is 15.6. The molecular formula is C57H35N3O2. The summed E-state index contributed by atoms with van der Waals surface area (Å²) in [5.41, 5.74) is 14.5. The average molecular weight is 794 g/mol. The van der Waals surface area contributed by atoms with Gasteiger partial charge in [-0.1, -0.05) is 170 Å². The van der Waals surface area contributed by atoms with Crippen molar-refractivity contribution in [2.75, 3.05) is 0 Å². The summed E-state index contributed by atoms with van der Waals surface area (Å²) in [5.74, 6) is 1.68. The maximum absolute atomic E-state index is 6.83. The molecule has 0 saturated heterocycles. The molecule has 0 aliphatic rings. The highest BCUT2D eigenvalue weighted by atomic mass is 16.3. The van der Waals surface area contributed by atoms with Gasteiger partial charge >= 0.3 is 0 Å². The zero-order chi connectivity index (χ0) is 41.0. The summed E-state index contributed by atoms with van der Waals surface area (Å²) < 4.78 is 13.6. The van der Waals surface area contributed by atoms with Gasteiger partial charge in [0.15, 0.2) is 17.5 Å². The normalized spacial score (nSPS) is 11.5. The molecule has 0 spiro atoms. The van der Waals surface area contributed by atoms with Crippen molar-refractivity contribution in [3.63, 3.8) is 0 Å². The van der Waals surface area contributed by atoms with Crippen LogP contribution < -0.4 is 0 Å². The Morgan fingerprint density at radius 1 is 0.258 bits per heavy atom.